The second-order valence-electron chi connectivity index (χ2n) is 3.73. The molecule has 0 bridgehead atoms. The summed E-state index contributed by atoms with van der Waals surface area (Å²) in [4.78, 5) is 3.75. The van der Waals surface area contributed by atoms with E-state index >= 15 is 0 Å². The van der Waals surface area contributed by atoms with Gasteiger partial charge in [0.25, 0.3) is 0 Å². The maximum Gasteiger partial charge on any atom is 0.419 e. The molecule has 2 rings (SSSR count). The third kappa shape index (κ3) is 2.44. The first kappa shape index (κ1) is 11.2. The van der Waals surface area contributed by atoms with Crippen LogP contribution in [0.4, 0.5) is 19.0 Å². The van der Waals surface area contributed by atoms with Crippen molar-refractivity contribution in [2.75, 3.05) is 18.4 Å². The van der Waals surface area contributed by atoms with Gasteiger partial charge >= 0.3 is 6.18 Å². The Morgan fingerprint density at radius 2 is 2.25 bits per heavy atom. The molecule has 0 amide bonds. The molecule has 2 N–H and O–H groups in total. The smallest absolute Gasteiger partial charge is 0.366 e. The molecule has 0 radical (unpaired) electrons. The van der Waals surface area contributed by atoms with E-state index in [9.17, 15) is 13.2 Å². The summed E-state index contributed by atoms with van der Waals surface area (Å²) in [6.45, 7) is 1.50. The van der Waals surface area contributed by atoms with Gasteiger partial charge in [-0.05, 0) is 25.1 Å². The third-order valence-corrected chi connectivity index (χ3v) is 2.51. The van der Waals surface area contributed by atoms with Crippen LogP contribution in [0.3, 0.4) is 0 Å². The minimum Gasteiger partial charge on any atom is -0.366 e. The van der Waals surface area contributed by atoms with E-state index in [1.165, 1.54) is 12.3 Å². The summed E-state index contributed by atoms with van der Waals surface area (Å²) in [6.07, 6.45) is -2.18. The SMILES string of the molecule is FC(F)(F)c1cccnc1NC1CCNC1. The number of aromatic nitrogens is 1. The molecule has 1 unspecified atom stereocenters. The van der Waals surface area contributed by atoms with Crippen LogP contribution >= 0.6 is 0 Å². The van der Waals surface area contributed by atoms with Crippen LogP contribution in [0.2, 0.25) is 0 Å². The molecule has 1 aromatic heterocycles. The summed E-state index contributed by atoms with van der Waals surface area (Å²) < 4.78 is 37.9. The van der Waals surface area contributed by atoms with Crippen LogP contribution in [-0.2, 0) is 6.18 Å². The average Bonchev–Trinajstić information content (AvgIpc) is 2.70. The minimum absolute atomic E-state index is 0.0241. The van der Waals surface area contributed by atoms with E-state index in [0.29, 0.717) is 6.54 Å². The van der Waals surface area contributed by atoms with Crippen molar-refractivity contribution >= 4 is 5.82 Å². The van der Waals surface area contributed by atoms with Crippen molar-refractivity contribution in [3.8, 4) is 0 Å². The number of nitrogens with zero attached hydrogens (tertiary/aromatic N) is 1. The van der Waals surface area contributed by atoms with Gasteiger partial charge in [0.1, 0.15) is 5.82 Å². The van der Waals surface area contributed by atoms with Crippen LogP contribution in [0.1, 0.15) is 12.0 Å². The van der Waals surface area contributed by atoms with Crippen molar-refractivity contribution in [1.29, 1.82) is 0 Å². The number of hydrogen-bond acceptors (Lipinski definition) is 3. The molecule has 0 saturated carbocycles. The first-order valence-corrected chi connectivity index (χ1v) is 5.07. The molecule has 1 aromatic rings. The minimum atomic E-state index is -4.36. The van der Waals surface area contributed by atoms with E-state index in [-0.39, 0.29) is 11.9 Å². The fourth-order valence-electron chi connectivity index (χ4n) is 1.72. The molecule has 1 saturated heterocycles. The number of hydrogen-bond donors (Lipinski definition) is 2. The molecule has 1 aliphatic heterocycles. The Balaban J connectivity index is 2.19. The predicted molar refractivity (Wildman–Crippen MR) is 54.1 cm³/mol. The Morgan fingerprint density at radius 3 is 2.88 bits per heavy atom. The highest BCUT2D eigenvalue weighted by atomic mass is 19.4. The van der Waals surface area contributed by atoms with E-state index in [1.807, 2.05) is 0 Å². The molecule has 0 spiro atoms. The molecule has 0 aromatic carbocycles. The molecule has 1 aliphatic rings. The quantitative estimate of drug-likeness (QED) is 0.816. The van der Waals surface area contributed by atoms with E-state index in [4.69, 9.17) is 0 Å². The highest BCUT2D eigenvalue weighted by molar-refractivity contribution is 5.46. The van der Waals surface area contributed by atoms with Crippen molar-refractivity contribution in [1.82, 2.24) is 10.3 Å². The molecule has 16 heavy (non-hydrogen) atoms. The summed E-state index contributed by atoms with van der Waals surface area (Å²) in [6, 6.07) is 2.36. The molecule has 2 heterocycles. The zero-order chi connectivity index (χ0) is 11.6. The lowest BCUT2D eigenvalue weighted by Crippen LogP contribution is -2.24. The molecule has 1 fully saturated rings. The van der Waals surface area contributed by atoms with Gasteiger partial charge in [-0.2, -0.15) is 13.2 Å². The first-order chi connectivity index (χ1) is 7.57. The van der Waals surface area contributed by atoms with Gasteiger partial charge < -0.3 is 10.6 Å². The first-order valence-electron chi connectivity index (χ1n) is 5.07. The lowest BCUT2D eigenvalue weighted by molar-refractivity contribution is -0.137. The second-order valence-corrected chi connectivity index (χ2v) is 3.73. The van der Waals surface area contributed by atoms with Gasteiger partial charge in [0.2, 0.25) is 0 Å². The zero-order valence-corrected chi connectivity index (χ0v) is 8.51. The van der Waals surface area contributed by atoms with Crippen LogP contribution in [0.5, 0.6) is 0 Å². The molecule has 6 heteroatoms. The van der Waals surface area contributed by atoms with Gasteiger partial charge in [-0.1, -0.05) is 0 Å². The third-order valence-electron chi connectivity index (χ3n) is 2.51. The fraction of sp³-hybridized carbons (Fsp3) is 0.500. The normalized spacial score (nSPS) is 21.1. The molecular weight excluding hydrogens is 219 g/mol. The Morgan fingerprint density at radius 1 is 1.44 bits per heavy atom. The van der Waals surface area contributed by atoms with Crippen molar-refractivity contribution in [2.45, 2.75) is 18.6 Å². The van der Waals surface area contributed by atoms with Crippen molar-refractivity contribution in [3.63, 3.8) is 0 Å². The average molecular weight is 231 g/mol. The topological polar surface area (TPSA) is 37.0 Å². The van der Waals surface area contributed by atoms with Gasteiger partial charge in [0.05, 0.1) is 5.56 Å². The van der Waals surface area contributed by atoms with Gasteiger partial charge in [0, 0.05) is 18.8 Å². The Kier molecular flexibility index (Phi) is 3.00. The van der Waals surface area contributed by atoms with Gasteiger partial charge in [-0.15, -0.1) is 0 Å². The van der Waals surface area contributed by atoms with Crippen molar-refractivity contribution < 1.29 is 13.2 Å². The molecule has 88 valence electrons. The number of pyridine rings is 1. The van der Waals surface area contributed by atoms with E-state index in [2.05, 4.69) is 15.6 Å². The van der Waals surface area contributed by atoms with Crippen molar-refractivity contribution in [2.24, 2.45) is 0 Å². The van der Waals surface area contributed by atoms with E-state index in [1.54, 1.807) is 0 Å². The number of alkyl halides is 3. The van der Waals surface area contributed by atoms with Crippen LogP contribution < -0.4 is 10.6 Å². The van der Waals surface area contributed by atoms with Gasteiger partial charge in [-0.25, -0.2) is 4.98 Å². The van der Waals surface area contributed by atoms with E-state index in [0.717, 1.165) is 19.0 Å². The number of halogens is 3. The van der Waals surface area contributed by atoms with Gasteiger partial charge in [0.15, 0.2) is 0 Å². The molecular formula is C10H12F3N3. The van der Waals surface area contributed by atoms with Crippen LogP contribution in [0, 0.1) is 0 Å². The van der Waals surface area contributed by atoms with Crippen molar-refractivity contribution in [3.05, 3.63) is 23.9 Å². The summed E-state index contributed by atoms with van der Waals surface area (Å²) in [5, 5.41) is 5.90. The second kappa shape index (κ2) is 4.29. The lowest BCUT2D eigenvalue weighted by Gasteiger charge is -2.16. The maximum absolute atomic E-state index is 12.6. The molecule has 3 nitrogen and oxygen atoms in total. The largest absolute Gasteiger partial charge is 0.419 e. The lowest BCUT2D eigenvalue weighted by atomic mass is 10.2. The Hall–Kier alpha value is -1.30. The number of anilines is 1. The summed E-state index contributed by atoms with van der Waals surface area (Å²) in [7, 11) is 0. The van der Waals surface area contributed by atoms with Crippen LogP contribution in [0.25, 0.3) is 0 Å². The highest BCUT2D eigenvalue weighted by Crippen LogP contribution is 2.33. The fourth-order valence-corrected chi connectivity index (χ4v) is 1.72. The summed E-state index contributed by atoms with van der Waals surface area (Å²) >= 11 is 0. The zero-order valence-electron chi connectivity index (χ0n) is 8.51. The van der Waals surface area contributed by atoms with E-state index < -0.39 is 11.7 Å². The summed E-state index contributed by atoms with van der Waals surface area (Å²) in [5.41, 5.74) is -0.707. The maximum atomic E-state index is 12.6. The van der Waals surface area contributed by atoms with Crippen LogP contribution in [0.15, 0.2) is 18.3 Å². The molecule has 0 aliphatic carbocycles. The standard InChI is InChI=1S/C10H12F3N3/c11-10(12,13)8-2-1-4-15-9(8)16-7-3-5-14-6-7/h1-2,4,7,14H,3,5-6H2,(H,15,16). The molecule has 1 atom stereocenters. The summed E-state index contributed by atoms with van der Waals surface area (Å²) in [5.74, 6) is -0.0799. The highest BCUT2D eigenvalue weighted by Gasteiger charge is 2.34. The number of rotatable bonds is 2. The van der Waals surface area contributed by atoms with Gasteiger partial charge in [-0.3, -0.25) is 0 Å². The predicted octanol–water partition coefficient (Wildman–Crippen LogP) is 1.87. The monoisotopic (exact) mass is 231 g/mol. The van der Waals surface area contributed by atoms with Crippen LogP contribution in [-0.4, -0.2) is 24.1 Å². The Labute approximate surface area is 91.1 Å². The Bertz CT molecular complexity index is 359. The number of nitrogens with one attached hydrogen (secondary N) is 2.